The summed E-state index contributed by atoms with van der Waals surface area (Å²) >= 11 is 0. The molecule has 0 aliphatic rings. The topological polar surface area (TPSA) is 96.0 Å². The molecule has 0 aliphatic carbocycles. The summed E-state index contributed by atoms with van der Waals surface area (Å²) in [6.45, 7) is 6.19. The summed E-state index contributed by atoms with van der Waals surface area (Å²) in [6.07, 6.45) is 4.23. The van der Waals surface area contributed by atoms with Gasteiger partial charge in [-0.15, -0.1) is 0 Å². The number of pyridine rings is 1. The van der Waals surface area contributed by atoms with E-state index in [9.17, 15) is 9.59 Å². The second-order valence-electron chi connectivity index (χ2n) is 5.19. The van der Waals surface area contributed by atoms with Crippen molar-refractivity contribution in [2.24, 2.45) is 7.05 Å². The Labute approximate surface area is 139 Å². The first kappa shape index (κ1) is 17.2. The molecule has 8 nitrogen and oxygen atoms in total. The van der Waals surface area contributed by atoms with E-state index in [1.165, 1.54) is 16.5 Å². The molecule has 1 amide bonds. The monoisotopic (exact) mass is 328 g/mol. The largest absolute Gasteiger partial charge is 0.340 e. The lowest BCUT2D eigenvalue weighted by atomic mass is 10.2. The summed E-state index contributed by atoms with van der Waals surface area (Å²) in [7, 11) is 3.13. The molecule has 0 atom stereocenters. The molecule has 0 radical (unpaired) electrons. The molecule has 0 saturated carbocycles. The number of carbonyl (C=O) groups is 1. The molecule has 2 N–H and O–H groups in total. The molecule has 2 aromatic rings. The summed E-state index contributed by atoms with van der Waals surface area (Å²) in [6, 6.07) is 3.05. The van der Waals surface area contributed by atoms with Crippen molar-refractivity contribution in [1.29, 1.82) is 5.41 Å². The van der Waals surface area contributed by atoms with Crippen molar-refractivity contribution in [1.82, 2.24) is 19.0 Å². The first-order chi connectivity index (χ1) is 11.4. The molecule has 2 aromatic heterocycles. The third-order valence-electron chi connectivity index (χ3n) is 3.72. The average molecular weight is 328 g/mol. The van der Waals surface area contributed by atoms with E-state index in [1.54, 1.807) is 38.5 Å². The highest BCUT2D eigenvalue weighted by atomic mass is 16.2. The Hall–Kier alpha value is -3.16. The van der Waals surface area contributed by atoms with Crippen molar-refractivity contribution < 1.29 is 4.79 Å². The van der Waals surface area contributed by atoms with Crippen LogP contribution in [-0.2, 0) is 7.05 Å². The fourth-order valence-electron chi connectivity index (χ4n) is 2.17. The van der Waals surface area contributed by atoms with Gasteiger partial charge >= 0.3 is 11.7 Å². The van der Waals surface area contributed by atoms with Gasteiger partial charge in [-0.25, -0.2) is 14.2 Å². The van der Waals surface area contributed by atoms with Gasteiger partial charge in [-0.05, 0) is 19.1 Å². The predicted molar refractivity (Wildman–Crippen MR) is 93.6 cm³/mol. The van der Waals surface area contributed by atoms with Crippen LogP contribution in [-0.4, -0.2) is 44.9 Å². The van der Waals surface area contributed by atoms with Crippen LogP contribution >= 0.6 is 0 Å². The SMILES string of the molecule is C=C(Nc1c(C=N)n(C(=O)N(C)CC)c(=O)n1C)c1ccncc1. The van der Waals surface area contributed by atoms with Crippen LogP contribution in [0.25, 0.3) is 5.70 Å². The number of nitrogens with zero attached hydrogens (tertiary/aromatic N) is 4. The number of hydrogen-bond donors (Lipinski definition) is 2. The number of imidazole rings is 1. The highest BCUT2D eigenvalue weighted by molar-refractivity contribution is 5.92. The van der Waals surface area contributed by atoms with Crippen LogP contribution in [0.1, 0.15) is 18.2 Å². The Bertz CT molecular complexity index is 834. The van der Waals surface area contributed by atoms with Crippen LogP contribution in [0.3, 0.4) is 0 Å². The number of aromatic nitrogens is 3. The lowest BCUT2D eigenvalue weighted by Gasteiger charge is -2.15. The number of nitrogens with one attached hydrogen (secondary N) is 2. The molecule has 0 bridgehead atoms. The molecule has 0 aliphatic heterocycles. The summed E-state index contributed by atoms with van der Waals surface area (Å²) in [5.41, 5.74) is 0.967. The average Bonchev–Trinajstić information content (AvgIpc) is 2.85. The molecular formula is C16H20N6O2. The number of hydrogen-bond acceptors (Lipinski definition) is 5. The van der Waals surface area contributed by atoms with Gasteiger partial charge in [0.05, 0.1) is 0 Å². The lowest BCUT2D eigenvalue weighted by molar-refractivity contribution is 0.211. The zero-order valence-corrected chi connectivity index (χ0v) is 13.9. The fraction of sp³-hybridized carbons (Fsp3) is 0.250. The van der Waals surface area contributed by atoms with Gasteiger partial charge in [0, 0.05) is 50.5 Å². The van der Waals surface area contributed by atoms with E-state index in [0.29, 0.717) is 18.1 Å². The van der Waals surface area contributed by atoms with E-state index in [0.717, 1.165) is 16.3 Å². The van der Waals surface area contributed by atoms with E-state index in [4.69, 9.17) is 5.41 Å². The minimum atomic E-state index is -0.524. The Kier molecular flexibility index (Phi) is 4.98. The molecule has 0 spiro atoms. The molecule has 0 fully saturated rings. The van der Waals surface area contributed by atoms with Gasteiger partial charge in [0.15, 0.2) is 0 Å². The summed E-state index contributed by atoms with van der Waals surface area (Å²) in [5, 5.41) is 10.6. The van der Waals surface area contributed by atoms with Crippen LogP contribution in [0.4, 0.5) is 10.6 Å². The minimum absolute atomic E-state index is 0.169. The lowest BCUT2D eigenvalue weighted by Crippen LogP contribution is -2.38. The molecule has 2 heterocycles. The maximum Gasteiger partial charge on any atom is 0.338 e. The van der Waals surface area contributed by atoms with Gasteiger partial charge < -0.3 is 15.6 Å². The summed E-state index contributed by atoms with van der Waals surface area (Å²) in [4.78, 5) is 30.2. The van der Waals surface area contributed by atoms with Crippen molar-refractivity contribution in [2.75, 3.05) is 18.9 Å². The predicted octanol–water partition coefficient (Wildman–Crippen LogP) is 1.58. The van der Waals surface area contributed by atoms with Crippen LogP contribution in [0, 0.1) is 5.41 Å². The van der Waals surface area contributed by atoms with Gasteiger partial charge in [-0.3, -0.25) is 9.55 Å². The molecule has 8 heteroatoms. The Balaban J connectivity index is 2.48. The van der Waals surface area contributed by atoms with Crippen LogP contribution < -0.4 is 11.0 Å². The maximum absolute atomic E-state index is 12.4. The Morgan fingerprint density at radius 1 is 1.46 bits per heavy atom. The van der Waals surface area contributed by atoms with Gasteiger partial charge in [0.1, 0.15) is 11.5 Å². The molecular weight excluding hydrogens is 308 g/mol. The number of amides is 1. The number of anilines is 1. The van der Waals surface area contributed by atoms with Crippen LogP contribution in [0.2, 0.25) is 0 Å². The molecule has 126 valence electrons. The van der Waals surface area contributed by atoms with Crippen LogP contribution in [0.15, 0.2) is 35.9 Å². The van der Waals surface area contributed by atoms with Gasteiger partial charge in [0.25, 0.3) is 0 Å². The van der Waals surface area contributed by atoms with Crippen molar-refractivity contribution in [3.8, 4) is 0 Å². The third kappa shape index (κ3) is 2.98. The standard InChI is InChI=1S/C16H20N6O2/c1-5-20(3)15(23)22-13(10-17)14(21(4)16(22)24)19-11(2)12-6-8-18-9-7-12/h6-10,17,19H,2,5H2,1,3-4H3. The van der Waals surface area contributed by atoms with E-state index in [-0.39, 0.29) is 5.69 Å². The van der Waals surface area contributed by atoms with Gasteiger partial charge in [0.2, 0.25) is 0 Å². The van der Waals surface area contributed by atoms with Gasteiger partial charge in [-0.1, -0.05) is 6.58 Å². The maximum atomic E-state index is 12.4. The first-order valence-corrected chi connectivity index (χ1v) is 7.36. The first-order valence-electron chi connectivity index (χ1n) is 7.36. The van der Waals surface area contributed by atoms with E-state index < -0.39 is 11.7 Å². The zero-order valence-electron chi connectivity index (χ0n) is 13.9. The highest BCUT2D eigenvalue weighted by Crippen LogP contribution is 2.19. The summed E-state index contributed by atoms with van der Waals surface area (Å²) < 4.78 is 2.26. The number of rotatable bonds is 5. The normalized spacial score (nSPS) is 10.3. The minimum Gasteiger partial charge on any atom is -0.340 e. The quantitative estimate of drug-likeness (QED) is 0.815. The molecule has 0 unspecified atom stereocenters. The fourth-order valence-corrected chi connectivity index (χ4v) is 2.17. The second kappa shape index (κ2) is 6.95. The Morgan fingerprint density at radius 3 is 2.62 bits per heavy atom. The van der Waals surface area contributed by atoms with Crippen molar-refractivity contribution in [3.05, 3.63) is 52.8 Å². The summed E-state index contributed by atoms with van der Waals surface area (Å²) in [5.74, 6) is 0.328. The molecule has 2 rings (SSSR count). The van der Waals surface area contributed by atoms with E-state index >= 15 is 0 Å². The Morgan fingerprint density at radius 2 is 2.08 bits per heavy atom. The van der Waals surface area contributed by atoms with Crippen molar-refractivity contribution in [3.63, 3.8) is 0 Å². The smallest absolute Gasteiger partial charge is 0.338 e. The van der Waals surface area contributed by atoms with E-state index in [2.05, 4.69) is 16.9 Å². The third-order valence-corrected chi connectivity index (χ3v) is 3.72. The second-order valence-corrected chi connectivity index (χ2v) is 5.19. The molecule has 24 heavy (non-hydrogen) atoms. The highest BCUT2D eigenvalue weighted by Gasteiger charge is 2.23. The van der Waals surface area contributed by atoms with Crippen molar-refractivity contribution >= 4 is 23.8 Å². The van der Waals surface area contributed by atoms with E-state index in [1.807, 2.05) is 0 Å². The van der Waals surface area contributed by atoms with Crippen LogP contribution in [0.5, 0.6) is 0 Å². The molecule has 0 saturated heterocycles. The molecule has 0 aromatic carbocycles. The number of carbonyl (C=O) groups excluding carboxylic acids is 1. The van der Waals surface area contributed by atoms with Gasteiger partial charge in [-0.2, -0.15) is 0 Å². The zero-order chi connectivity index (χ0) is 17.9. The van der Waals surface area contributed by atoms with Crippen molar-refractivity contribution in [2.45, 2.75) is 6.92 Å².